The van der Waals surface area contributed by atoms with Gasteiger partial charge in [-0.05, 0) is 26.0 Å². The summed E-state index contributed by atoms with van der Waals surface area (Å²) in [6.45, 7) is 8.48. The van der Waals surface area contributed by atoms with E-state index in [0.717, 1.165) is 37.4 Å². The van der Waals surface area contributed by atoms with E-state index in [4.69, 9.17) is 4.74 Å². The van der Waals surface area contributed by atoms with Crippen molar-refractivity contribution < 1.29 is 9.84 Å². The molecule has 0 saturated carbocycles. The van der Waals surface area contributed by atoms with Crippen LogP contribution in [0.2, 0.25) is 0 Å². The van der Waals surface area contributed by atoms with Gasteiger partial charge in [0.25, 0.3) is 0 Å². The third-order valence-corrected chi connectivity index (χ3v) is 3.83. The van der Waals surface area contributed by atoms with E-state index in [0.29, 0.717) is 13.2 Å². The van der Waals surface area contributed by atoms with E-state index in [1.165, 1.54) is 0 Å². The third-order valence-electron chi connectivity index (χ3n) is 3.83. The van der Waals surface area contributed by atoms with E-state index in [2.05, 4.69) is 15.9 Å². The average Bonchev–Trinajstić information content (AvgIpc) is 2.53. The highest BCUT2D eigenvalue weighted by molar-refractivity contribution is 5.59. The predicted octanol–water partition coefficient (Wildman–Crippen LogP) is 1.47. The molecule has 5 nitrogen and oxygen atoms in total. The first-order valence-corrected chi connectivity index (χ1v) is 7.86. The van der Waals surface area contributed by atoms with Crippen LogP contribution in [0.25, 0.3) is 0 Å². The lowest BCUT2D eigenvalue weighted by atomic mass is 10.1. The molecule has 1 atom stereocenters. The number of nitriles is 1. The molecule has 1 heterocycles. The molecule has 1 saturated heterocycles. The average molecular weight is 303 g/mol. The Bertz CT molecular complexity index is 505. The van der Waals surface area contributed by atoms with Gasteiger partial charge in [-0.2, -0.15) is 5.26 Å². The van der Waals surface area contributed by atoms with E-state index in [9.17, 15) is 10.4 Å². The molecule has 1 aromatic rings. The smallest absolute Gasteiger partial charge is 0.101 e. The molecule has 0 amide bonds. The van der Waals surface area contributed by atoms with Gasteiger partial charge in [0, 0.05) is 32.7 Å². The van der Waals surface area contributed by atoms with E-state index in [1.54, 1.807) is 0 Å². The minimum Gasteiger partial charge on any atom is -0.389 e. The number of hydrogen-bond acceptors (Lipinski definition) is 5. The summed E-state index contributed by atoms with van der Waals surface area (Å²) >= 11 is 0. The van der Waals surface area contributed by atoms with Gasteiger partial charge in [-0.1, -0.05) is 12.1 Å². The van der Waals surface area contributed by atoms with E-state index in [1.807, 2.05) is 38.1 Å². The Morgan fingerprint density at radius 2 is 1.91 bits per heavy atom. The number of para-hydroxylation sites is 1. The fourth-order valence-electron chi connectivity index (χ4n) is 2.67. The van der Waals surface area contributed by atoms with Crippen LogP contribution in [0.3, 0.4) is 0 Å². The first-order valence-electron chi connectivity index (χ1n) is 7.86. The molecule has 2 rings (SSSR count). The fourth-order valence-corrected chi connectivity index (χ4v) is 2.67. The van der Waals surface area contributed by atoms with E-state index >= 15 is 0 Å². The second kappa shape index (κ2) is 8.14. The highest BCUT2D eigenvalue weighted by Crippen LogP contribution is 2.21. The first-order chi connectivity index (χ1) is 10.6. The number of aliphatic hydroxyl groups excluding tert-OH is 1. The summed E-state index contributed by atoms with van der Waals surface area (Å²) in [5.74, 6) is 0. The van der Waals surface area contributed by atoms with Crippen LogP contribution >= 0.6 is 0 Å². The summed E-state index contributed by atoms with van der Waals surface area (Å²) in [5, 5.41) is 19.2. The highest BCUT2D eigenvalue weighted by atomic mass is 16.5. The summed E-state index contributed by atoms with van der Waals surface area (Å²) in [7, 11) is 0. The zero-order valence-corrected chi connectivity index (χ0v) is 13.4. The molecule has 0 radical (unpaired) electrons. The molecule has 22 heavy (non-hydrogen) atoms. The fraction of sp³-hybridized carbons (Fsp3) is 0.588. The summed E-state index contributed by atoms with van der Waals surface area (Å²) in [4.78, 5) is 4.49. The van der Waals surface area contributed by atoms with Crippen molar-refractivity contribution >= 4 is 5.69 Å². The zero-order valence-electron chi connectivity index (χ0n) is 13.4. The SMILES string of the molecule is CC(C)OCC(O)CN1CCN(c2ccccc2C#N)CC1. The predicted molar refractivity (Wildman–Crippen MR) is 86.9 cm³/mol. The maximum Gasteiger partial charge on any atom is 0.101 e. The maximum absolute atomic E-state index is 9.99. The van der Waals surface area contributed by atoms with Crippen molar-refractivity contribution in [3.63, 3.8) is 0 Å². The number of β-amino-alcohol motifs (C(OH)–C–C–N with tert-alkyl or cyclic N) is 1. The van der Waals surface area contributed by atoms with Crippen molar-refractivity contribution in [3.8, 4) is 6.07 Å². The number of rotatable bonds is 6. The molecular weight excluding hydrogens is 278 g/mol. The van der Waals surface area contributed by atoms with Gasteiger partial charge in [-0.15, -0.1) is 0 Å². The van der Waals surface area contributed by atoms with Crippen molar-refractivity contribution in [2.45, 2.75) is 26.1 Å². The summed E-state index contributed by atoms with van der Waals surface area (Å²) in [6.07, 6.45) is -0.297. The first kappa shape index (κ1) is 16.8. The van der Waals surface area contributed by atoms with Crippen LogP contribution in [0.1, 0.15) is 19.4 Å². The molecule has 1 fully saturated rings. The number of aliphatic hydroxyl groups is 1. The van der Waals surface area contributed by atoms with Crippen LogP contribution in [-0.4, -0.2) is 61.5 Å². The summed E-state index contributed by atoms with van der Waals surface area (Å²) in [5.41, 5.74) is 1.73. The number of benzene rings is 1. The lowest BCUT2D eigenvalue weighted by Gasteiger charge is -2.37. The van der Waals surface area contributed by atoms with Crippen LogP contribution in [0.4, 0.5) is 5.69 Å². The number of piperazine rings is 1. The summed E-state index contributed by atoms with van der Waals surface area (Å²) < 4.78 is 5.44. The minimum absolute atomic E-state index is 0.147. The van der Waals surface area contributed by atoms with Crippen LogP contribution in [0, 0.1) is 11.3 Å². The van der Waals surface area contributed by atoms with Gasteiger partial charge >= 0.3 is 0 Å². The van der Waals surface area contributed by atoms with Crippen LogP contribution in [0.5, 0.6) is 0 Å². The van der Waals surface area contributed by atoms with Gasteiger partial charge in [-0.25, -0.2) is 0 Å². The van der Waals surface area contributed by atoms with E-state index < -0.39 is 6.10 Å². The molecule has 1 aliphatic rings. The molecule has 0 aliphatic carbocycles. The molecule has 1 aliphatic heterocycles. The molecule has 120 valence electrons. The molecular formula is C17H25N3O2. The summed E-state index contributed by atoms with van der Waals surface area (Å²) in [6, 6.07) is 9.97. The second-order valence-electron chi connectivity index (χ2n) is 5.95. The van der Waals surface area contributed by atoms with Gasteiger partial charge in [0.05, 0.1) is 30.1 Å². The van der Waals surface area contributed by atoms with Crippen molar-refractivity contribution in [2.24, 2.45) is 0 Å². The Labute approximate surface area is 132 Å². The van der Waals surface area contributed by atoms with Crippen molar-refractivity contribution in [1.82, 2.24) is 4.90 Å². The largest absolute Gasteiger partial charge is 0.389 e. The third kappa shape index (κ3) is 4.70. The standard InChI is InChI=1S/C17H25N3O2/c1-14(2)22-13-16(21)12-19-7-9-20(10-8-19)17-6-4-3-5-15(17)11-18/h3-6,14,16,21H,7-10,12-13H2,1-2H3. The van der Waals surface area contributed by atoms with Crippen molar-refractivity contribution in [3.05, 3.63) is 29.8 Å². The lowest BCUT2D eigenvalue weighted by Crippen LogP contribution is -2.49. The van der Waals surface area contributed by atoms with Gasteiger partial charge < -0.3 is 14.7 Å². The second-order valence-corrected chi connectivity index (χ2v) is 5.95. The van der Waals surface area contributed by atoms with Gasteiger partial charge in [-0.3, -0.25) is 4.90 Å². The van der Waals surface area contributed by atoms with Crippen LogP contribution in [-0.2, 0) is 4.74 Å². The molecule has 5 heteroatoms. The Hall–Kier alpha value is -1.61. The quantitative estimate of drug-likeness (QED) is 0.862. The van der Waals surface area contributed by atoms with Gasteiger partial charge in [0.2, 0.25) is 0 Å². The molecule has 0 spiro atoms. The van der Waals surface area contributed by atoms with E-state index in [-0.39, 0.29) is 6.10 Å². The topological polar surface area (TPSA) is 59.7 Å². The zero-order chi connectivity index (χ0) is 15.9. The minimum atomic E-state index is -0.444. The van der Waals surface area contributed by atoms with Crippen LogP contribution in [0.15, 0.2) is 24.3 Å². The molecule has 1 N–H and O–H groups in total. The van der Waals surface area contributed by atoms with Crippen molar-refractivity contribution in [1.29, 1.82) is 5.26 Å². The maximum atomic E-state index is 9.99. The van der Waals surface area contributed by atoms with Crippen molar-refractivity contribution in [2.75, 3.05) is 44.2 Å². The lowest BCUT2D eigenvalue weighted by molar-refractivity contribution is -0.00899. The number of ether oxygens (including phenoxy) is 1. The molecule has 0 aromatic heterocycles. The normalized spacial score (nSPS) is 17.5. The Kier molecular flexibility index (Phi) is 6.20. The number of nitrogens with zero attached hydrogens (tertiary/aromatic N) is 3. The van der Waals surface area contributed by atoms with Gasteiger partial charge in [0.1, 0.15) is 6.07 Å². The number of anilines is 1. The number of hydrogen-bond donors (Lipinski definition) is 1. The Morgan fingerprint density at radius 1 is 1.23 bits per heavy atom. The van der Waals surface area contributed by atoms with Crippen LogP contribution < -0.4 is 4.90 Å². The molecule has 0 bridgehead atoms. The Balaban J connectivity index is 1.82. The monoisotopic (exact) mass is 303 g/mol. The molecule has 1 unspecified atom stereocenters. The highest BCUT2D eigenvalue weighted by Gasteiger charge is 2.21. The molecule has 1 aromatic carbocycles. The van der Waals surface area contributed by atoms with Gasteiger partial charge in [0.15, 0.2) is 0 Å². The Morgan fingerprint density at radius 3 is 2.55 bits per heavy atom.